The lowest BCUT2D eigenvalue weighted by Gasteiger charge is -2.08. The van der Waals surface area contributed by atoms with Crippen molar-refractivity contribution >= 4 is 21.4 Å². The molecule has 1 aromatic carbocycles. The molecule has 0 saturated carbocycles. The molecule has 0 unspecified atom stereocenters. The second kappa shape index (κ2) is 6.43. The van der Waals surface area contributed by atoms with Crippen molar-refractivity contribution in [2.75, 3.05) is 23.6 Å². The van der Waals surface area contributed by atoms with E-state index in [1.54, 1.807) is 0 Å². The molecule has 7 nitrogen and oxygen atoms in total. The number of nitro benzene ring substituents is 1. The summed E-state index contributed by atoms with van der Waals surface area (Å²) >= 11 is 0. The number of sulfonamides is 1. The fourth-order valence-corrected chi connectivity index (χ4v) is 2.33. The van der Waals surface area contributed by atoms with Crippen LogP contribution < -0.4 is 10.0 Å². The SMILES string of the molecule is CCNCCS(=O)(=O)Nc1ccc([N+](=O)[O-])c(F)c1. The number of hydrogen-bond acceptors (Lipinski definition) is 5. The summed E-state index contributed by atoms with van der Waals surface area (Å²) in [5.74, 6) is -1.25. The number of rotatable bonds is 7. The number of nitro groups is 1. The molecule has 0 radical (unpaired) electrons. The van der Waals surface area contributed by atoms with E-state index in [4.69, 9.17) is 0 Å². The van der Waals surface area contributed by atoms with E-state index < -0.39 is 26.5 Å². The molecule has 0 heterocycles. The third-order valence-electron chi connectivity index (χ3n) is 2.22. The van der Waals surface area contributed by atoms with E-state index in [9.17, 15) is 22.9 Å². The highest BCUT2D eigenvalue weighted by molar-refractivity contribution is 7.92. The molecule has 0 bridgehead atoms. The van der Waals surface area contributed by atoms with Gasteiger partial charge in [0.15, 0.2) is 0 Å². The molecule has 106 valence electrons. The molecule has 2 N–H and O–H groups in total. The van der Waals surface area contributed by atoms with Gasteiger partial charge in [0.2, 0.25) is 15.8 Å². The number of hydrogen-bond donors (Lipinski definition) is 2. The average molecular weight is 291 g/mol. The highest BCUT2D eigenvalue weighted by atomic mass is 32.2. The molecule has 0 atom stereocenters. The fraction of sp³-hybridized carbons (Fsp3) is 0.400. The zero-order valence-corrected chi connectivity index (χ0v) is 11.0. The summed E-state index contributed by atoms with van der Waals surface area (Å²) in [6.45, 7) is 2.74. The zero-order valence-electron chi connectivity index (χ0n) is 10.2. The first-order valence-electron chi connectivity index (χ1n) is 5.51. The van der Waals surface area contributed by atoms with Gasteiger partial charge in [-0.25, -0.2) is 8.42 Å². The molecule has 0 aliphatic carbocycles. The minimum atomic E-state index is -3.61. The standard InChI is InChI=1S/C10H14FN3O4S/c1-2-12-5-6-19(17,18)13-8-3-4-10(14(15)16)9(11)7-8/h3-4,7,12-13H,2,5-6H2,1H3. The van der Waals surface area contributed by atoms with Gasteiger partial charge in [-0.15, -0.1) is 0 Å². The third kappa shape index (κ3) is 4.79. The Bertz CT molecular complexity index is 562. The molecule has 1 aromatic rings. The summed E-state index contributed by atoms with van der Waals surface area (Å²) in [6.07, 6.45) is 0. The lowest BCUT2D eigenvalue weighted by atomic mass is 10.3. The molecule has 0 saturated heterocycles. The van der Waals surface area contributed by atoms with Crippen molar-refractivity contribution in [1.82, 2.24) is 5.32 Å². The number of nitrogens with one attached hydrogen (secondary N) is 2. The molecule has 1 rings (SSSR count). The number of halogens is 1. The average Bonchev–Trinajstić information content (AvgIpc) is 2.28. The summed E-state index contributed by atoms with van der Waals surface area (Å²) in [5.41, 5.74) is -0.741. The minimum absolute atomic E-state index is 0.0420. The number of benzene rings is 1. The van der Waals surface area contributed by atoms with Crippen LogP contribution in [0, 0.1) is 15.9 Å². The van der Waals surface area contributed by atoms with E-state index in [0.717, 1.165) is 18.2 Å². The Morgan fingerprint density at radius 3 is 2.63 bits per heavy atom. The molecular weight excluding hydrogens is 277 g/mol. The van der Waals surface area contributed by atoms with Gasteiger partial charge in [-0.3, -0.25) is 14.8 Å². The lowest BCUT2D eigenvalue weighted by Crippen LogP contribution is -2.26. The zero-order chi connectivity index (χ0) is 14.5. The largest absolute Gasteiger partial charge is 0.316 e. The summed E-state index contributed by atoms with van der Waals surface area (Å²) in [5, 5.41) is 13.3. The molecular formula is C10H14FN3O4S. The number of nitrogens with zero attached hydrogens (tertiary/aromatic N) is 1. The lowest BCUT2D eigenvalue weighted by molar-refractivity contribution is -0.387. The molecule has 0 fully saturated rings. The van der Waals surface area contributed by atoms with E-state index in [1.807, 2.05) is 6.92 Å². The Morgan fingerprint density at radius 1 is 1.42 bits per heavy atom. The maximum absolute atomic E-state index is 13.3. The van der Waals surface area contributed by atoms with Crippen LogP contribution in [-0.2, 0) is 10.0 Å². The van der Waals surface area contributed by atoms with Gasteiger partial charge in [0.25, 0.3) is 0 Å². The monoisotopic (exact) mass is 291 g/mol. The van der Waals surface area contributed by atoms with E-state index in [1.165, 1.54) is 0 Å². The van der Waals surface area contributed by atoms with Crippen LogP contribution in [0.1, 0.15) is 6.92 Å². The van der Waals surface area contributed by atoms with Gasteiger partial charge in [-0.1, -0.05) is 6.92 Å². The maximum atomic E-state index is 13.3. The second-order valence-electron chi connectivity index (χ2n) is 3.70. The topological polar surface area (TPSA) is 101 Å². The Morgan fingerprint density at radius 2 is 2.11 bits per heavy atom. The Hall–Kier alpha value is -1.74. The van der Waals surface area contributed by atoms with Crippen molar-refractivity contribution in [3.63, 3.8) is 0 Å². The highest BCUT2D eigenvalue weighted by Crippen LogP contribution is 2.21. The summed E-state index contributed by atoms with van der Waals surface area (Å²) in [7, 11) is -3.61. The van der Waals surface area contributed by atoms with E-state index in [-0.39, 0.29) is 18.0 Å². The van der Waals surface area contributed by atoms with Gasteiger partial charge >= 0.3 is 5.69 Å². The van der Waals surface area contributed by atoms with Gasteiger partial charge in [0.05, 0.1) is 16.4 Å². The van der Waals surface area contributed by atoms with E-state index >= 15 is 0 Å². The van der Waals surface area contributed by atoms with Gasteiger partial charge in [-0.05, 0) is 12.6 Å². The Labute approximate surface area is 110 Å². The quantitative estimate of drug-likeness (QED) is 0.445. The van der Waals surface area contributed by atoms with Crippen LogP contribution in [0.3, 0.4) is 0 Å². The highest BCUT2D eigenvalue weighted by Gasteiger charge is 2.16. The van der Waals surface area contributed by atoms with Crippen molar-refractivity contribution in [2.45, 2.75) is 6.92 Å². The molecule has 0 amide bonds. The smallest absolute Gasteiger partial charge is 0.304 e. The van der Waals surface area contributed by atoms with Gasteiger partial charge < -0.3 is 5.32 Å². The normalized spacial score (nSPS) is 11.3. The number of anilines is 1. The molecule has 9 heteroatoms. The third-order valence-corrected chi connectivity index (χ3v) is 3.50. The molecule has 0 aliphatic heterocycles. The Balaban J connectivity index is 2.77. The first-order chi connectivity index (χ1) is 8.85. The first kappa shape index (κ1) is 15.3. The van der Waals surface area contributed by atoms with Crippen molar-refractivity contribution in [3.05, 3.63) is 34.1 Å². The van der Waals surface area contributed by atoms with Crippen LogP contribution in [-0.4, -0.2) is 32.2 Å². The van der Waals surface area contributed by atoms with Crippen LogP contribution in [0.4, 0.5) is 15.8 Å². The molecule has 0 aliphatic rings. The minimum Gasteiger partial charge on any atom is -0.316 e. The van der Waals surface area contributed by atoms with Crippen molar-refractivity contribution in [2.24, 2.45) is 0 Å². The van der Waals surface area contributed by atoms with Crippen LogP contribution >= 0.6 is 0 Å². The predicted molar refractivity (Wildman–Crippen MR) is 69.0 cm³/mol. The predicted octanol–water partition coefficient (Wildman–Crippen LogP) is 1.09. The van der Waals surface area contributed by atoms with E-state index in [2.05, 4.69) is 10.0 Å². The molecule has 0 aromatic heterocycles. The molecule has 0 spiro atoms. The van der Waals surface area contributed by atoms with Crippen molar-refractivity contribution in [3.8, 4) is 0 Å². The summed E-state index contributed by atoms with van der Waals surface area (Å²) < 4.78 is 38.6. The molecule has 19 heavy (non-hydrogen) atoms. The van der Waals surface area contributed by atoms with Crippen LogP contribution in [0.2, 0.25) is 0 Å². The Kier molecular flexibility index (Phi) is 5.19. The second-order valence-corrected chi connectivity index (χ2v) is 5.54. The van der Waals surface area contributed by atoms with Crippen molar-refractivity contribution < 1.29 is 17.7 Å². The van der Waals surface area contributed by atoms with Crippen LogP contribution in [0.25, 0.3) is 0 Å². The summed E-state index contributed by atoms with van der Waals surface area (Å²) in [6, 6.07) is 2.84. The van der Waals surface area contributed by atoms with E-state index in [0.29, 0.717) is 6.54 Å². The van der Waals surface area contributed by atoms with Crippen LogP contribution in [0.5, 0.6) is 0 Å². The van der Waals surface area contributed by atoms with Gasteiger partial charge in [0, 0.05) is 18.7 Å². The van der Waals surface area contributed by atoms with Gasteiger partial charge in [0.1, 0.15) is 0 Å². The maximum Gasteiger partial charge on any atom is 0.304 e. The van der Waals surface area contributed by atoms with Crippen LogP contribution in [0.15, 0.2) is 18.2 Å². The van der Waals surface area contributed by atoms with Crippen molar-refractivity contribution in [1.29, 1.82) is 0 Å². The first-order valence-corrected chi connectivity index (χ1v) is 7.16. The van der Waals surface area contributed by atoms with Gasteiger partial charge in [-0.2, -0.15) is 4.39 Å². The summed E-state index contributed by atoms with van der Waals surface area (Å²) in [4.78, 5) is 9.54. The fourth-order valence-electron chi connectivity index (χ4n) is 1.33.